The van der Waals surface area contributed by atoms with Crippen molar-refractivity contribution in [2.45, 2.75) is 26.4 Å². The third-order valence-corrected chi connectivity index (χ3v) is 2.94. The number of aromatic nitrogens is 1. The standard InChI is InChI=1S/C16H18N2O2/c1-12(2)14-3-5-15(6-4-14)18-16(19)20-11-13-7-9-17-10-8-13/h3-10,12H,11H2,1-2H3,(H,18,19). The van der Waals surface area contributed by atoms with Crippen LogP contribution in [0, 0.1) is 0 Å². The Balaban J connectivity index is 1.85. The maximum Gasteiger partial charge on any atom is 0.411 e. The number of nitrogens with zero attached hydrogens (tertiary/aromatic N) is 1. The monoisotopic (exact) mass is 270 g/mol. The molecule has 2 rings (SSSR count). The average Bonchev–Trinajstić information content (AvgIpc) is 2.47. The SMILES string of the molecule is CC(C)c1ccc(NC(=O)OCc2ccncc2)cc1. The van der Waals surface area contributed by atoms with E-state index in [1.807, 2.05) is 36.4 Å². The zero-order chi connectivity index (χ0) is 14.4. The first-order chi connectivity index (χ1) is 9.65. The van der Waals surface area contributed by atoms with Crippen LogP contribution in [0.4, 0.5) is 10.5 Å². The summed E-state index contributed by atoms with van der Waals surface area (Å²) in [5.41, 5.74) is 2.88. The van der Waals surface area contributed by atoms with Gasteiger partial charge < -0.3 is 4.74 Å². The van der Waals surface area contributed by atoms with Crippen LogP contribution in [0.3, 0.4) is 0 Å². The Hall–Kier alpha value is -2.36. The van der Waals surface area contributed by atoms with E-state index in [1.54, 1.807) is 12.4 Å². The van der Waals surface area contributed by atoms with Crippen LogP contribution in [-0.4, -0.2) is 11.1 Å². The van der Waals surface area contributed by atoms with Gasteiger partial charge in [0.1, 0.15) is 6.61 Å². The average molecular weight is 270 g/mol. The number of benzene rings is 1. The summed E-state index contributed by atoms with van der Waals surface area (Å²) in [7, 11) is 0. The number of anilines is 1. The number of hydrogen-bond donors (Lipinski definition) is 1. The molecule has 1 aromatic carbocycles. The van der Waals surface area contributed by atoms with Crippen LogP contribution < -0.4 is 5.32 Å². The van der Waals surface area contributed by atoms with Crippen molar-refractivity contribution < 1.29 is 9.53 Å². The molecule has 2 aromatic rings. The van der Waals surface area contributed by atoms with Gasteiger partial charge >= 0.3 is 6.09 Å². The number of carbonyl (C=O) groups excluding carboxylic acids is 1. The molecule has 1 N–H and O–H groups in total. The number of ether oxygens (including phenoxy) is 1. The largest absolute Gasteiger partial charge is 0.444 e. The molecule has 104 valence electrons. The molecule has 1 heterocycles. The first-order valence-electron chi connectivity index (χ1n) is 6.58. The van der Waals surface area contributed by atoms with Crippen LogP contribution in [0.2, 0.25) is 0 Å². The minimum atomic E-state index is -0.459. The lowest BCUT2D eigenvalue weighted by Gasteiger charge is -2.09. The van der Waals surface area contributed by atoms with E-state index in [1.165, 1.54) is 5.56 Å². The fourth-order valence-electron chi connectivity index (χ4n) is 1.73. The van der Waals surface area contributed by atoms with Crippen LogP contribution in [0.5, 0.6) is 0 Å². The second kappa shape index (κ2) is 6.70. The lowest BCUT2D eigenvalue weighted by atomic mass is 10.0. The first-order valence-corrected chi connectivity index (χ1v) is 6.58. The van der Waals surface area contributed by atoms with Crippen molar-refractivity contribution in [1.29, 1.82) is 0 Å². The van der Waals surface area contributed by atoms with Crippen molar-refractivity contribution in [2.24, 2.45) is 0 Å². The Morgan fingerprint density at radius 1 is 1.15 bits per heavy atom. The van der Waals surface area contributed by atoms with Crippen molar-refractivity contribution in [3.05, 3.63) is 59.9 Å². The van der Waals surface area contributed by atoms with Crippen LogP contribution >= 0.6 is 0 Å². The third-order valence-electron chi connectivity index (χ3n) is 2.94. The van der Waals surface area contributed by atoms with Gasteiger partial charge in [-0.3, -0.25) is 10.3 Å². The third kappa shape index (κ3) is 4.09. The number of pyridine rings is 1. The maximum atomic E-state index is 11.7. The Kier molecular flexibility index (Phi) is 4.71. The molecule has 4 heteroatoms. The molecule has 0 atom stereocenters. The normalized spacial score (nSPS) is 10.3. The van der Waals surface area contributed by atoms with Gasteiger partial charge in [-0.2, -0.15) is 0 Å². The topological polar surface area (TPSA) is 51.2 Å². The fraction of sp³-hybridized carbons (Fsp3) is 0.250. The molecule has 1 amide bonds. The second-order valence-corrected chi connectivity index (χ2v) is 4.83. The van der Waals surface area contributed by atoms with E-state index in [-0.39, 0.29) is 6.61 Å². The summed E-state index contributed by atoms with van der Waals surface area (Å²) in [5.74, 6) is 0.475. The number of hydrogen-bond acceptors (Lipinski definition) is 3. The summed E-state index contributed by atoms with van der Waals surface area (Å²) >= 11 is 0. The van der Waals surface area contributed by atoms with Crippen molar-refractivity contribution in [3.8, 4) is 0 Å². The van der Waals surface area contributed by atoms with Crippen molar-refractivity contribution in [2.75, 3.05) is 5.32 Å². The Labute approximate surface area is 118 Å². The summed E-state index contributed by atoms with van der Waals surface area (Å²) in [6, 6.07) is 11.4. The van der Waals surface area contributed by atoms with Gasteiger partial charge in [0.25, 0.3) is 0 Å². The molecule has 0 saturated carbocycles. The van der Waals surface area contributed by atoms with E-state index in [4.69, 9.17) is 4.74 Å². The molecule has 0 radical (unpaired) electrons. The quantitative estimate of drug-likeness (QED) is 0.915. The lowest BCUT2D eigenvalue weighted by Crippen LogP contribution is -2.13. The van der Waals surface area contributed by atoms with Crippen molar-refractivity contribution in [3.63, 3.8) is 0 Å². The summed E-state index contributed by atoms with van der Waals surface area (Å²) in [5, 5.41) is 2.70. The molecule has 4 nitrogen and oxygen atoms in total. The van der Waals surface area contributed by atoms with Gasteiger partial charge in [-0.15, -0.1) is 0 Å². The van der Waals surface area contributed by atoms with E-state index in [0.29, 0.717) is 5.92 Å². The molecule has 0 aliphatic heterocycles. The number of nitrogens with one attached hydrogen (secondary N) is 1. The maximum absolute atomic E-state index is 11.7. The van der Waals surface area contributed by atoms with Crippen molar-refractivity contribution >= 4 is 11.8 Å². The van der Waals surface area contributed by atoms with Crippen LogP contribution in [0.25, 0.3) is 0 Å². The first kappa shape index (κ1) is 14.1. The molecule has 0 aliphatic rings. The highest BCUT2D eigenvalue weighted by Gasteiger charge is 2.04. The lowest BCUT2D eigenvalue weighted by molar-refractivity contribution is 0.155. The number of amides is 1. The van der Waals surface area contributed by atoms with Gasteiger partial charge in [0, 0.05) is 18.1 Å². The molecule has 0 bridgehead atoms. The van der Waals surface area contributed by atoms with Gasteiger partial charge in [0.15, 0.2) is 0 Å². The molecular weight excluding hydrogens is 252 g/mol. The summed E-state index contributed by atoms with van der Waals surface area (Å²) in [6.45, 7) is 4.50. The fourth-order valence-corrected chi connectivity index (χ4v) is 1.73. The highest BCUT2D eigenvalue weighted by molar-refractivity contribution is 5.84. The molecule has 0 fully saturated rings. The van der Waals surface area contributed by atoms with Crippen LogP contribution in [0.15, 0.2) is 48.8 Å². The zero-order valence-corrected chi connectivity index (χ0v) is 11.7. The van der Waals surface area contributed by atoms with Gasteiger partial charge in [-0.05, 0) is 41.3 Å². The van der Waals surface area contributed by atoms with Gasteiger partial charge in [0.05, 0.1) is 0 Å². The van der Waals surface area contributed by atoms with E-state index >= 15 is 0 Å². The van der Waals surface area contributed by atoms with Gasteiger partial charge in [0.2, 0.25) is 0 Å². The second-order valence-electron chi connectivity index (χ2n) is 4.83. The number of carbonyl (C=O) groups is 1. The Morgan fingerprint density at radius 2 is 1.80 bits per heavy atom. The predicted molar refractivity (Wildman–Crippen MR) is 78.6 cm³/mol. The van der Waals surface area contributed by atoms with E-state index < -0.39 is 6.09 Å². The minimum absolute atomic E-state index is 0.235. The smallest absolute Gasteiger partial charge is 0.411 e. The van der Waals surface area contributed by atoms with E-state index in [0.717, 1.165) is 11.3 Å². The Morgan fingerprint density at radius 3 is 2.40 bits per heavy atom. The molecule has 1 aromatic heterocycles. The van der Waals surface area contributed by atoms with Crippen LogP contribution in [-0.2, 0) is 11.3 Å². The molecule has 0 unspecified atom stereocenters. The van der Waals surface area contributed by atoms with E-state index in [2.05, 4.69) is 24.1 Å². The predicted octanol–water partition coefficient (Wildman–Crippen LogP) is 3.95. The van der Waals surface area contributed by atoms with E-state index in [9.17, 15) is 4.79 Å². The van der Waals surface area contributed by atoms with Crippen LogP contribution in [0.1, 0.15) is 30.9 Å². The summed E-state index contributed by atoms with van der Waals surface area (Å²) in [6.07, 6.45) is 2.88. The van der Waals surface area contributed by atoms with Gasteiger partial charge in [-0.25, -0.2) is 4.79 Å². The van der Waals surface area contributed by atoms with Gasteiger partial charge in [-0.1, -0.05) is 26.0 Å². The molecule has 0 aliphatic carbocycles. The van der Waals surface area contributed by atoms with Crippen molar-refractivity contribution in [1.82, 2.24) is 4.98 Å². The highest BCUT2D eigenvalue weighted by atomic mass is 16.5. The molecule has 0 saturated heterocycles. The zero-order valence-electron chi connectivity index (χ0n) is 11.7. The molecule has 0 spiro atoms. The summed E-state index contributed by atoms with van der Waals surface area (Å²) in [4.78, 5) is 15.6. The molecular formula is C16H18N2O2. The highest BCUT2D eigenvalue weighted by Crippen LogP contribution is 2.17. The molecule has 20 heavy (non-hydrogen) atoms. The summed E-state index contributed by atoms with van der Waals surface area (Å²) < 4.78 is 5.13. The number of rotatable bonds is 4. The Bertz CT molecular complexity index is 550. The minimum Gasteiger partial charge on any atom is -0.444 e.